The van der Waals surface area contributed by atoms with Gasteiger partial charge in [-0.1, -0.05) is 24.3 Å². The zero-order valence-corrected chi connectivity index (χ0v) is 11.4. The second-order valence-corrected chi connectivity index (χ2v) is 4.37. The standard InChI is InChI=1S/C14H23NO2/c1-10-8-6-7-9-13(10)11(2)15-12(3)14(16-4)17-5/h6-9,11-12,14-15H,1-5H3/t11-,12?/m0/s1. The summed E-state index contributed by atoms with van der Waals surface area (Å²) in [5.41, 5.74) is 2.61. The lowest BCUT2D eigenvalue weighted by molar-refractivity contribution is -0.120. The topological polar surface area (TPSA) is 30.5 Å². The van der Waals surface area contributed by atoms with Gasteiger partial charge in [0, 0.05) is 20.3 Å². The Balaban J connectivity index is 2.66. The van der Waals surface area contributed by atoms with E-state index >= 15 is 0 Å². The Morgan fingerprint density at radius 3 is 2.18 bits per heavy atom. The van der Waals surface area contributed by atoms with Crippen LogP contribution < -0.4 is 5.32 Å². The first-order chi connectivity index (χ1) is 8.10. The van der Waals surface area contributed by atoms with E-state index in [1.807, 2.05) is 0 Å². The average molecular weight is 237 g/mol. The van der Waals surface area contributed by atoms with Crippen LogP contribution in [0.15, 0.2) is 24.3 Å². The van der Waals surface area contributed by atoms with Crippen molar-refractivity contribution < 1.29 is 9.47 Å². The second kappa shape index (κ2) is 6.74. The van der Waals surface area contributed by atoms with Crippen LogP contribution in [-0.2, 0) is 9.47 Å². The van der Waals surface area contributed by atoms with Gasteiger partial charge in [0.2, 0.25) is 0 Å². The molecule has 0 aromatic heterocycles. The molecule has 0 saturated heterocycles. The Kier molecular flexibility index (Phi) is 5.62. The van der Waals surface area contributed by atoms with E-state index in [2.05, 4.69) is 50.4 Å². The molecule has 1 unspecified atom stereocenters. The minimum absolute atomic E-state index is 0.139. The summed E-state index contributed by atoms with van der Waals surface area (Å²) in [5, 5.41) is 3.49. The molecular formula is C14H23NO2. The van der Waals surface area contributed by atoms with Gasteiger partial charge in [0.15, 0.2) is 6.29 Å². The third kappa shape index (κ3) is 3.80. The fraction of sp³-hybridized carbons (Fsp3) is 0.571. The highest BCUT2D eigenvalue weighted by Crippen LogP contribution is 2.18. The third-order valence-corrected chi connectivity index (χ3v) is 3.04. The first-order valence-corrected chi connectivity index (χ1v) is 5.97. The number of nitrogens with one attached hydrogen (secondary N) is 1. The van der Waals surface area contributed by atoms with Crippen molar-refractivity contribution in [2.45, 2.75) is 39.1 Å². The normalized spacial score (nSPS) is 14.9. The van der Waals surface area contributed by atoms with Crippen molar-refractivity contribution in [2.24, 2.45) is 0 Å². The molecule has 0 bridgehead atoms. The average Bonchev–Trinajstić information content (AvgIpc) is 2.31. The van der Waals surface area contributed by atoms with E-state index in [1.54, 1.807) is 14.2 Å². The molecule has 3 nitrogen and oxygen atoms in total. The van der Waals surface area contributed by atoms with Crippen LogP contribution in [0.3, 0.4) is 0 Å². The van der Waals surface area contributed by atoms with Gasteiger partial charge < -0.3 is 14.8 Å². The van der Waals surface area contributed by atoms with Gasteiger partial charge in [-0.25, -0.2) is 0 Å². The van der Waals surface area contributed by atoms with Gasteiger partial charge in [0.1, 0.15) is 0 Å². The van der Waals surface area contributed by atoms with Gasteiger partial charge in [-0.3, -0.25) is 0 Å². The van der Waals surface area contributed by atoms with Crippen LogP contribution in [-0.4, -0.2) is 26.6 Å². The maximum absolute atomic E-state index is 5.24. The largest absolute Gasteiger partial charge is 0.354 e. The second-order valence-electron chi connectivity index (χ2n) is 4.37. The summed E-state index contributed by atoms with van der Waals surface area (Å²) in [5.74, 6) is 0. The summed E-state index contributed by atoms with van der Waals surface area (Å²) in [4.78, 5) is 0. The number of hydrogen-bond acceptors (Lipinski definition) is 3. The molecule has 0 amide bonds. The van der Waals surface area contributed by atoms with E-state index < -0.39 is 0 Å². The van der Waals surface area contributed by atoms with Crippen LogP contribution in [0.1, 0.15) is 31.0 Å². The van der Waals surface area contributed by atoms with Gasteiger partial charge in [-0.15, -0.1) is 0 Å². The number of rotatable bonds is 6. The lowest BCUT2D eigenvalue weighted by atomic mass is 10.0. The summed E-state index contributed by atoms with van der Waals surface area (Å²) in [6.45, 7) is 6.34. The van der Waals surface area contributed by atoms with Crippen molar-refractivity contribution in [3.63, 3.8) is 0 Å². The first kappa shape index (κ1) is 14.2. The van der Waals surface area contributed by atoms with Crippen molar-refractivity contribution in [1.29, 1.82) is 0 Å². The van der Waals surface area contributed by atoms with E-state index in [-0.39, 0.29) is 18.4 Å². The lowest BCUT2D eigenvalue weighted by Crippen LogP contribution is -2.41. The Hall–Kier alpha value is -0.900. The molecule has 2 atom stereocenters. The van der Waals surface area contributed by atoms with Crippen molar-refractivity contribution in [3.05, 3.63) is 35.4 Å². The quantitative estimate of drug-likeness (QED) is 0.772. The smallest absolute Gasteiger partial charge is 0.171 e. The molecule has 0 heterocycles. The predicted molar refractivity (Wildman–Crippen MR) is 70.0 cm³/mol. The number of methoxy groups -OCH3 is 2. The number of benzene rings is 1. The zero-order valence-electron chi connectivity index (χ0n) is 11.4. The van der Waals surface area contributed by atoms with Crippen LogP contribution in [0, 0.1) is 6.92 Å². The van der Waals surface area contributed by atoms with Crippen molar-refractivity contribution >= 4 is 0 Å². The minimum Gasteiger partial charge on any atom is -0.354 e. The Bertz CT molecular complexity index is 337. The maximum atomic E-state index is 5.24. The highest BCUT2D eigenvalue weighted by Gasteiger charge is 2.18. The van der Waals surface area contributed by atoms with E-state index in [9.17, 15) is 0 Å². The van der Waals surface area contributed by atoms with Crippen molar-refractivity contribution in [3.8, 4) is 0 Å². The third-order valence-electron chi connectivity index (χ3n) is 3.04. The summed E-state index contributed by atoms with van der Waals surface area (Å²) < 4.78 is 10.5. The van der Waals surface area contributed by atoms with Crippen molar-refractivity contribution in [2.75, 3.05) is 14.2 Å². The van der Waals surface area contributed by atoms with E-state index in [1.165, 1.54) is 11.1 Å². The van der Waals surface area contributed by atoms with Gasteiger partial charge >= 0.3 is 0 Å². The SMILES string of the molecule is COC(OC)C(C)N[C@@H](C)c1ccccc1C. The monoisotopic (exact) mass is 237 g/mol. The molecule has 0 saturated carbocycles. The lowest BCUT2D eigenvalue weighted by Gasteiger charge is -2.26. The Morgan fingerprint density at radius 2 is 1.65 bits per heavy atom. The van der Waals surface area contributed by atoms with Crippen molar-refractivity contribution in [1.82, 2.24) is 5.32 Å². The molecule has 0 aliphatic heterocycles. The number of hydrogen-bond donors (Lipinski definition) is 1. The van der Waals surface area contributed by atoms with E-state index in [0.717, 1.165) is 0 Å². The molecule has 0 fully saturated rings. The first-order valence-electron chi connectivity index (χ1n) is 5.97. The molecule has 1 aromatic carbocycles. The number of aryl methyl sites for hydroxylation is 1. The molecule has 0 spiro atoms. The zero-order chi connectivity index (χ0) is 12.8. The highest BCUT2D eigenvalue weighted by molar-refractivity contribution is 5.28. The fourth-order valence-electron chi connectivity index (χ4n) is 2.14. The molecule has 3 heteroatoms. The van der Waals surface area contributed by atoms with Crippen LogP contribution >= 0.6 is 0 Å². The Labute approximate surface area is 104 Å². The summed E-state index contributed by atoms with van der Waals surface area (Å²) in [6.07, 6.45) is -0.221. The van der Waals surface area contributed by atoms with E-state index in [4.69, 9.17) is 9.47 Å². The molecule has 1 aromatic rings. The predicted octanol–water partition coefficient (Wildman–Crippen LogP) is 2.65. The molecule has 17 heavy (non-hydrogen) atoms. The summed E-state index contributed by atoms with van der Waals surface area (Å²) in [6, 6.07) is 8.81. The van der Waals surface area contributed by atoms with Gasteiger partial charge in [0.05, 0.1) is 6.04 Å². The van der Waals surface area contributed by atoms with Gasteiger partial charge in [0.25, 0.3) is 0 Å². The maximum Gasteiger partial charge on any atom is 0.171 e. The minimum atomic E-state index is -0.221. The molecule has 1 N–H and O–H groups in total. The molecule has 1 rings (SSSR count). The number of ether oxygens (including phenoxy) is 2. The van der Waals surface area contributed by atoms with Gasteiger partial charge in [-0.05, 0) is 31.9 Å². The molecule has 96 valence electrons. The molecule has 0 radical (unpaired) electrons. The van der Waals surface area contributed by atoms with Gasteiger partial charge in [-0.2, -0.15) is 0 Å². The summed E-state index contributed by atoms with van der Waals surface area (Å²) >= 11 is 0. The van der Waals surface area contributed by atoms with E-state index in [0.29, 0.717) is 0 Å². The highest BCUT2D eigenvalue weighted by atomic mass is 16.7. The van der Waals surface area contributed by atoms with Crippen LogP contribution in [0.2, 0.25) is 0 Å². The summed E-state index contributed by atoms with van der Waals surface area (Å²) in [7, 11) is 3.32. The van der Waals surface area contributed by atoms with Crippen LogP contribution in [0.4, 0.5) is 0 Å². The Morgan fingerprint density at radius 1 is 1.06 bits per heavy atom. The fourth-order valence-corrected chi connectivity index (χ4v) is 2.14. The van der Waals surface area contributed by atoms with Crippen LogP contribution in [0.5, 0.6) is 0 Å². The molecule has 0 aliphatic rings. The molecule has 0 aliphatic carbocycles. The molecular weight excluding hydrogens is 214 g/mol. The van der Waals surface area contributed by atoms with Crippen LogP contribution in [0.25, 0.3) is 0 Å².